The smallest absolute Gasteiger partial charge is 0.305 e. The molecular formula is C19H15ClF3N3O. The number of rotatable bonds is 4. The first-order chi connectivity index (χ1) is 12.8. The third-order valence-corrected chi connectivity index (χ3v) is 4.30. The molecule has 1 aromatic heterocycles. The molecule has 0 aliphatic rings. The van der Waals surface area contributed by atoms with Crippen LogP contribution in [0.5, 0.6) is 0 Å². The molecule has 140 valence electrons. The molecule has 1 heterocycles. The Labute approximate surface area is 158 Å². The molecule has 0 atom stereocenters. The van der Waals surface area contributed by atoms with Gasteiger partial charge in [-0.3, -0.25) is 4.79 Å². The van der Waals surface area contributed by atoms with E-state index in [-0.39, 0.29) is 5.82 Å². The van der Waals surface area contributed by atoms with Gasteiger partial charge in [-0.2, -0.15) is 13.2 Å². The number of carbonyl (C=O) groups is 1. The molecule has 2 aromatic carbocycles. The van der Waals surface area contributed by atoms with Gasteiger partial charge in [-0.15, -0.1) is 5.10 Å². The molecule has 27 heavy (non-hydrogen) atoms. The number of aromatic nitrogens is 2. The van der Waals surface area contributed by atoms with Crippen molar-refractivity contribution in [1.29, 1.82) is 0 Å². The minimum absolute atomic E-state index is 0.194. The van der Waals surface area contributed by atoms with Gasteiger partial charge in [0.15, 0.2) is 5.82 Å². The number of benzene rings is 2. The van der Waals surface area contributed by atoms with Gasteiger partial charge in [0.25, 0.3) is 5.91 Å². The van der Waals surface area contributed by atoms with Crippen LogP contribution in [0.4, 0.5) is 19.0 Å². The molecule has 0 saturated heterocycles. The van der Waals surface area contributed by atoms with E-state index < -0.39 is 23.2 Å². The molecule has 0 spiro atoms. The van der Waals surface area contributed by atoms with Gasteiger partial charge in [-0.1, -0.05) is 42.8 Å². The number of aryl methyl sites for hydroxylation is 1. The summed E-state index contributed by atoms with van der Waals surface area (Å²) in [6.45, 7) is 1.85. The number of alkyl halides is 3. The lowest BCUT2D eigenvalue weighted by Gasteiger charge is -2.12. The number of anilines is 1. The van der Waals surface area contributed by atoms with Crippen LogP contribution in [0.15, 0.2) is 54.7 Å². The number of hydrogen-bond donors (Lipinski definition) is 1. The topological polar surface area (TPSA) is 46.9 Å². The van der Waals surface area contributed by atoms with E-state index in [0.29, 0.717) is 22.7 Å². The highest BCUT2D eigenvalue weighted by Crippen LogP contribution is 2.32. The summed E-state index contributed by atoms with van der Waals surface area (Å²) in [6.07, 6.45) is -2.41. The Kier molecular flexibility index (Phi) is 5.23. The lowest BCUT2D eigenvalue weighted by atomic mass is 10.1. The van der Waals surface area contributed by atoms with E-state index in [4.69, 9.17) is 11.6 Å². The van der Waals surface area contributed by atoms with E-state index in [1.54, 1.807) is 30.5 Å². The minimum Gasteiger partial charge on any atom is -0.305 e. The Morgan fingerprint density at radius 3 is 2.48 bits per heavy atom. The zero-order valence-electron chi connectivity index (χ0n) is 14.2. The van der Waals surface area contributed by atoms with Gasteiger partial charge in [0.05, 0.1) is 21.8 Å². The first-order valence-corrected chi connectivity index (χ1v) is 8.50. The van der Waals surface area contributed by atoms with Crippen LogP contribution in [0.2, 0.25) is 5.02 Å². The lowest BCUT2D eigenvalue weighted by molar-refractivity contribution is -0.137. The van der Waals surface area contributed by atoms with E-state index in [0.717, 1.165) is 12.1 Å². The van der Waals surface area contributed by atoms with Gasteiger partial charge >= 0.3 is 6.18 Å². The maximum absolute atomic E-state index is 13.1. The second-order valence-electron chi connectivity index (χ2n) is 5.75. The van der Waals surface area contributed by atoms with Gasteiger partial charge in [0.2, 0.25) is 0 Å². The van der Waals surface area contributed by atoms with Crippen LogP contribution < -0.4 is 5.32 Å². The van der Waals surface area contributed by atoms with E-state index in [2.05, 4.69) is 10.4 Å². The number of nitrogens with one attached hydrogen (secondary N) is 1. The molecule has 0 aliphatic carbocycles. The Bertz CT molecular complexity index is 982. The average molecular weight is 394 g/mol. The van der Waals surface area contributed by atoms with Gasteiger partial charge < -0.3 is 5.32 Å². The largest absolute Gasteiger partial charge is 0.417 e. The van der Waals surface area contributed by atoms with Crippen molar-refractivity contribution in [3.05, 3.63) is 76.4 Å². The molecule has 0 saturated carbocycles. The standard InChI is InChI=1S/C19H15ClF3N3O/c1-2-12-11-26(16-10-6-5-9-15(16)20)25-17(12)24-18(27)13-7-3-4-8-14(13)19(21,22)23/h3-11H,2H2,1H3,(H,24,25,27). The third-order valence-electron chi connectivity index (χ3n) is 3.98. The van der Waals surface area contributed by atoms with Crippen molar-refractivity contribution in [2.75, 3.05) is 5.32 Å². The maximum Gasteiger partial charge on any atom is 0.417 e. The van der Waals surface area contributed by atoms with E-state index in [1.165, 1.54) is 16.8 Å². The van der Waals surface area contributed by atoms with Crippen LogP contribution in [-0.2, 0) is 12.6 Å². The van der Waals surface area contributed by atoms with Crippen molar-refractivity contribution < 1.29 is 18.0 Å². The van der Waals surface area contributed by atoms with Gasteiger partial charge in [0, 0.05) is 11.8 Å². The summed E-state index contributed by atoms with van der Waals surface area (Å²) >= 11 is 6.16. The number of hydrogen-bond acceptors (Lipinski definition) is 2. The Hall–Kier alpha value is -2.80. The van der Waals surface area contributed by atoms with E-state index >= 15 is 0 Å². The summed E-state index contributed by atoms with van der Waals surface area (Å²) in [4.78, 5) is 12.5. The summed E-state index contributed by atoms with van der Waals surface area (Å²) in [5.74, 6) is -0.679. The van der Waals surface area contributed by atoms with Crippen molar-refractivity contribution in [1.82, 2.24) is 9.78 Å². The highest BCUT2D eigenvalue weighted by atomic mass is 35.5. The third kappa shape index (κ3) is 3.98. The first kappa shape index (κ1) is 19.0. The highest BCUT2D eigenvalue weighted by molar-refractivity contribution is 6.32. The normalized spacial score (nSPS) is 11.4. The van der Waals surface area contributed by atoms with Crippen LogP contribution in [0.25, 0.3) is 5.69 Å². The molecule has 1 N–H and O–H groups in total. The summed E-state index contributed by atoms with van der Waals surface area (Å²) in [5.41, 5.74) is -0.178. The summed E-state index contributed by atoms with van der Waals surface area (Å²) in [5, 5.41) is 7.24. The van der Waals surface area contributed by atoms with Crippen LogP contribution in [0.1, 0.15) is 28.4 Å². The van der Waals surface area contributed by atoms with Crippen LogP contribution in [0, 0.1) is 0 Å². The molecule has 8 heteroatoms. The van der Waals surface area contributed by atoms with Crippen LogP contribution in [0.3, 0.4) is 0 Å². The quantitative estimate of drug-likeness (QED) is 0.648. The van der Waals surface area contributed by atoms with Crippen LogP contribution >= 0.6 is 11.6 Å². The second kappa shape index (κ2) is 7.44. The first-order valence-electron chi connectivity index (χ1n) is 8.12. The predicted octanol–water partition coefficient (Wildman–Crippen LogP) is 5.36. The number of carbonyl (C=O) groups excluding carboxylic acids is 1. The SMILES string of the molecule is CCc1cn(-c2ccccc2Cl)nc1NC(=O)c1ccccc1C(F)(F)F. The second-order valence-corrected chi connectivity index (χ2v) is 6.16. The molecule has 0 aliphatic heterocycles. The minimum atomic E-state index is -4.63. The molecule has 0 fully saturated rings. The molecular weight excluding hydrogens is 379 g/mol. The Morgan fingerprint density at radius 2 is 1.81 bits per heavy atom. The van der Waals surface area contributed by atoms with Crippen molar-refractivity contribution in [2.45, 2.75) is 19.5 Å². The summed E-state index contributed by atoms with van der Waals surface area (Å²) in [7, 11) is 0. The lowest BCUT2D eigenvalue weighted by Crippen LogP contribution is -2.19. The molecule has 0 radical (unpaired) electrons. The van der Waals surface area contributed by atoms with Crippen LogP contribution in [-0.4, -0.2) is 15.7 Å². The monoisotopic (exact) mass is 393 g/mol. The maximum atomic E-state index is 13.1. The fourth-order valence-electron chi connectivity index (χ4n) is 2.64. The molecule has 0 bridgehead atoms. The fourth-order valence-corrected chi connectivity index (χ4v) is 2.86. The number of nitrogens with zero attached hydrogens (tertiary/aromatic N) is 2. The zero-order chi connectivity index (χ0) is 19.6. The number of halogens is 4. The van der Waals surface area contributed by atoms with Crippen molar-refractivity contribution in [2.24, 2.45) is 0 Å². The van der Waals surface area contributed by atoms with Crippen molar-refractivity contribution >= 4 is 23.3 Å². The van der Waals surface area contributed by atoms with Gasteiger partial charge in [-0.25, -0.2) is 4.68 Å². The Morgan fingerprint density at radius 1 is 1.15 bits per heavy atom. The zero-order valence-corrected chi connectivity index (χ0v) is 15.0. The van der Waals surface area contributed by atoms with Gasteiger partial charge in [-0.05, 0) is 30.7 Å². The average Bonchev–Trinajstić information content (AvgIpc) is 3.04. The molecule has 4 nitrogen and oxygen atoms in total. The van der Waals surface area contributed by atoms with E-state index in [1.807, 2.05) is 6.92 Å². The van der Waals surface area contributed by atoms with Crippen molar-refractivity contribution in [3.8, 4) is 5.69 Å². The number of amides is 1. The fraction of sp³-hybridized carbons (Fsp3) is 0.158. The van der Waals surface area contributed by atoms with Crippen molar-refractivity contribution in [3.63, 3.8) is 0 Å². The molecule has 3 aromatic rings. The number of para-hydroxylation sites is 1. The molecule has 0 unspecified atom stereocenters. The highest BCUT2D eigenvalue weighted by Gasteiger charge is 2.35. The van der Waals surface area contributed by atoms with E-state index in [9.17, 15) is 18.0 Å². The molecule has 1 amide bonds. The Balaban J connectivity index is 1.95. The summed E-state index contributed by atoms with van der Waals surface area (Å²) < 4.78 is 40.9. The predicted molar refractivity (Wildman–Crippen MR) is 97.3 cm³/mol. The van der Waals surface area contributed by atoms with Gasteiger partial charge in [0.1, 0.15) is 0 Å². The summed E-state index contributed by atoms with van der Waals surface area (Å²) in [6, 6.07) is 11.6. The molecule has 3 rings (SSSR count).